The van der Waals surface area contributed by atoms with E-state index in [2.05, 4.69) is 65.6 Å². The lowest BCUT2D eigenvalue weighted by molar-refractivity contribution is 0.506. The first-order valence-corrected chi connectivity index (χ1v) is 7.45. The van der Waals surface area contributed by atoms with Gasteiger partial charge in [-0.25, -0.2) is 4.98 Å². The molecule has 1 atom stereocenters. The third-order valence-electron chi connectivity index (χ3n) is 3.64. The molecule has 2 aromatic rings. The van der Waals surface area contributed by atoms with Gasteiger partial charge in [-0.3, -0.25) is 4.68 Å². The zero-order valence-corrected chi connectivity index (χ0v) is 13.4. The molecular weight excluding hydrogens is 262 g/mol. The highest BCUT2D eigenvalue weighted by atomic mass is 15.3. The molecule has 0 bridgehead atoms. The van der Waals surface area contributed by atoms with Gasteiger partial charge in [0.25, 0.3) is 0 Å². The lowest BCUT2D eigenvalue weighted by Crippen LogP contribution is -2.25. The Morgan fingerprint density at radius 1 is 1.24 bits per heavy atom. The van der Waals surface area contributed by atoms with Crippen LogP contribution in [0, 0.1) is 0 Å². The summed E-state index contributed by atoms with van der Waals surface area (Å²) >= 11 is 0. The molecule has 0 saturated carbocycles. The molecule has 5 heteroatoms. The Balaban J connectivity index is 2.16. The van der Waals surface area contributed by atoms with Gasteiger partial charge in [0.2, 0.25) is 0 Å². The van der Waals surface area contributed by atoms with Crippen molar-refractivity contribution in [3.63, 3.8) is 0 Å². The first-order chi connectivity index (χ1) is 10.1. The molecule has 0 amide bonds. The van der Waals surface area contributed by atoms with E-state index in [0.717, 1.165) is 25.2 Å². The van der Waals surface area contributed by atoms with Crippen LogP contribution in [-0.4, -0.2) is 35.4 Å². The van der Waals surface area contributed by atoms with Gasteiger partial charge in [0.15, 0.2) is 0 Å². The van der Waals surface area contributed by atoms with Gasteiger partial charge in [-0.15, -0.1) is 0 Å². The Morgan fingerprint density at radius 2 is 1.95 bits per heavy atom. The molecule has 1 aromatic carbocycles. The van der Waals surface area contributed by atoms with Crippen LogP contribution in [0.25, 0.3) is 0 Å². The molecule has 1 heterocycles. The molecule has 5 nitrogen and oxygen atoms in total. The van der Waals surface area contributed by atoms with E-state index in [1.165, 1.54) is 11.3 Å². The Hall–Kier alpha value is -1.88. The fraction of sp³-hybridized carbons (Fsp3) is 0.500. The number of benzene rings is 1. The van der Waals surface area contributed by atoms with Crippen molar-refractivity contribution in [2.24, 2.45) is 7.05 Å². The number of rotatable bonds is 7. The molecule has 21 heavy (non-hydrogen) atoms. The number of nitrogens with zero attached hydrogens (tertiary/aromatic N) is 4. The molecule has 1 N–H and O–H groups in total. The van der Waals surface area contributed by atoms with Crippen molar-refractivity contribution in [3.8, 4) is 0 Å². The van der Waals surface area contributed by atoms with Crippen LogP contribution in [0.4, 0.5) is 5.69 Å². The highest BCUT2D eigenvalue weighted by Gasteiger charge is 2.14. The maximum absolute atomic E-state index is 4.34. The molecule has 114 valence electrons. The third-order valence-corrected chi connectivity index (χ3v) is 3.64. The van der Waals surface area contributed by atoms with Gasteiger partial charge in [0.05, 0.1) is 0 Å². The normalized spacial score (nSPS) is 12.4. The van der Waals surface area contributed by atoms with Gasteiger partial charge in [-0.2, -0.15) is 5.10 Å². The molecule has 1 aromatic heterocycles. The summed E-state index contributed by atoms with van der Waals surface area (Å²) in [6.45, 7) is 3.18. The average Bonchev–Trinajstić information content (AvgIpc) is 2.88. The second kappa shape index (κ2) is 7.22. The lowest BCUT2D eigenvalue weighted by Gasteiger charge is -2.20. The summed E-state index contributed by atoms with van der Waals surface area (Å²) in [7, 11) is 6.05. The van der Waals surface area contributed by atoms with E-state index < -0.39 is 0 Å². The zero-order valence-electron chi connectivity index (χ0n) is 13.4. The van der Waals surface area contributed by atoms with Gasteiger partial charge in [0, 0.05) is 39.3 Å². The fourth-order valence-electron chi connectivity index (χ4n) is 2.32. The zero-order chi connectivity index (χ0) is 15.2. The van der Waals surface area contributed by atoms with Gasteiger partial charge < -0.3 is 10.2 Å². The summed E-state index contributed by atoms with van der Waals surface area (Å²) in [4.78, 5) is 6.45. The lowest BCUT2D eigenvalue weighted by atomic mass is 10.0. The van der Waals surface area contributed by atoms with Crippen molar-refractivity contribution in [1.29, 1.82) is 0 Å². The van der Waals surface area contributed by atoms with E-state index in [9.17, 15) is 0 Å². The average molecular weight is 287 g/mol. The maximum atomic E-state index is 4.34. The van der Waals surface area contributed by atoms with Crippen molar-refractivity contribution in [1.82, 2.24) is 20.1 Å². The van der Waals surface area contributed by atoms with Gasteiger partial charge >= 0.3 is 0 Å². The summed E-state index contributed by atoms with van der Waals surface area (Å²) in [5.41, 5.74) is 2.50. The first kappa shape index (κ1) is 15.5. The molecule has 2 rings (SSSR count). The Kier molecular flexibility index (Phi) is 5.33. The van der Waals surface area contributed by atoms with Gasteiger partial charge in [0.1, 0.15) is 12.2 Å². The first-order valence-electron chi connectivity index (χ1n) is 7.45. The Bertz CT molecular complexity index is 544. The van der Waals surface area contributed by atoms with Gasteiger partial charge in [-0.05, 0) is 30.7 Å². The topological polar surface area (TPSA) is 46.0 Å². The van der Waals surface area contributed by atoms with Crippen molar-refractivity contribution >= 4 is 5.69 Å². The number of hydrogen-bond acceptors (Lipinski definition) is 4. The van der Waals surface area contributed by atoms with E-state index in [1.807, 2.05) is 11.7 Å². The minimum Gasteiger partial charge on any atom is -0.378 e. The molecule has 0 fully saturated rings. The van der Waals surface area contributed by atoms with Crippen LogP contribution in [0.15, 0.2) is 30.6 Å². The molecule has 0 aliphatic rings. The molecule has 0 saturated heterocycles. The monoisotopic (exact) mass is 287 g/mol. The highest BCUT2D eigenvalue weighted by Crippen LogP contribution is 2.20. The van der Waals surface area contributed by atoms with E-state index in [4.69, 9.17) is 0 Å². The minimum absolute atomic E-state index is 0.268. The van der Waals surface area contributed by atoms with Crippen LogP contribution in [0.5, 0.6) is 0 Å². The second-order valence-electron chi connectivity index (χ2n) is 5.50. The van der Waals surface area contributed by atoms with Crippen molar-refractivity contribution in [3.05, 3.63) is 42.0 Å². The minimum atomic E-state index is 0.268. The molecule has 0 radical (unpaired) electrons. The maximum Gasteiger partial charge on any atom is 0.138 e. The third kappa shape index (κ3) is 4.04. The molecule has 0 aliphatic carbocycles. The van der Waals surface area contributed by atoms with E-state index in [1.54, 1.807) is 6.33 Å². The van der Waals surface area contributed by atoms with Crippen LogP contribution in [0.1, 0.15) is 30.8 Å². The van der Waals surface area contributed by atoms with Crippen LogP contribution < -0.4 is 10.2 Å². The number of aryl methyl sites for hydroxylation is 1. The number of aromatic nitrogens is 3. The fourth-order valence-corrected chi connectivity index (χ4v) is 2.32. The van der Waals surface area contributed by atoms with Crippen molar-refractivity contribution in [2.75, 3.05) is 25.5 Å². The predicted octanol–water partition coefficient (Wildman–Crippen LogP) is 2.16. The Morgan fingerprint density at radius 3 is 2.48 bits per heavy atom. The van der Waals surface area contributed by atoms with E-state index in [0.29, 0.717) is 0 Å². The highest BCUT2D eigenvalue weighted by molar-refractivity contribution is 5.46. The number of hydrogen-bond donors (Lipinski definition) is 1. The second-order valence-corrected chi connectivity index (χ2v) is 5.50. The smallest absolute Gasteiger partial charge is 0.138 e. The van der Waals surface area contributed by atoms with E-state index >= 15 is 0 Å². The number of nitrogens with one attached hydrogen (secondary N) is 1. The summed E-state index contributed by atoms with van der Waals surface area (Å²) in [6, 6.07) is 8.97. The standard InChI is InChI=1S/C16H25N5/c1-5-10-17-15(11-16-18-12-19-21(16)4)13-6-8-14(9-7-13)20(2)3/h6-9,12,15,17H,5,10-11H2,1-4H3. The molecule has 0 aliphatic heterocycles. The molecule has 1 unspecified atom stereocenters. The van der Waals surface area contributed by atoms with Gasteiger partial charge in [-0.1, -0.05) is 19.1 Å². The van der Waals surface area contributed by atoms with Crippen LogP contribution >= 0.6 is 0 Å². The molecule has 0 spiro atoms. The Labute approximate surface area is 127 Å². The summed E-state index contributed by atoms with van der Waals surface area (Å²) in [5.74, 6) is 1.00. The summed E-state index contributed by atoms with van der Waals surface area (Å²) in [5, 5.41) is 7.76. The predicted molar refractivity (Wildman–Crippen MR) is 86.5 cm³/mol. The largest absolute Gasteiger partial charge is 0.378 e. The van der Waals surface area contributed by atoms with E-state index in [-0.39, 0.29) is 6.04 Å². The summed E-state index contributed by atoms with van der Waals surface area (Å²) < 4.78 is 1.84. The SMILES string of the molecule is CCCNC(Cc1ncnn1C)c1ccc(N(C)C)cc1. The quantitative estimate of drug-likeness (QED) is 0.848. The molecular formula is C16H25N5. The van der Waals surface area contributed by atoms with Crippen LogP contribution in [0.2, 0.25) is 0 Å². The van der Waals surface area contributed by atoms with Crippen LogP contribution in [-0.2, 0) is 13.5 Å². The van der Waals surface area contributed by atoms with Crippen LogP contribution in [0.3, 0.4) is 0 Å². The van der Waals surface area contributed by atoms with Crippen molar-refractivity contribution in [2.45, 2.75) is 25.8 Å². The summed E-state index contributed by atoms with van der Waals surface area (Å²) in [6.07, 6.45) is 3.57. The van der Waals surface area contributed by atoms with Crippen molar-refractivity contribution < 1.29 is 0 Å². The number of anilines is 1.